The van der Waals surface area contributed by atoms with Crippen molar-refractivity contribution < 1.29 is 4.79 Å². The molecular weight excluding hydrogens is 260 g/mol. The lowest BCUT2D eigenvalue weighted by molar-refractivity contribution is -0.118. The first kappa shape index (κ1) is 12.9. The number of amides is 1. The van der Waals surface area contributed by atoms with Crippen LogP contribution in [0.15, 0.2) is 24.3 Å². The highest BCUT2D eigenvalue weighted by molar-refractivity contribution is 5.95. The third-order valence-corrected chi connectivity index (χ3v) is 5.53. The first-order valence-electron chi connectivity index (χ1n) is 7.88. The molecule has 21 heavy (non-hydrogen) atoms. The summed E-state index contributed by atoms with van der Waals surface area (Å²) < 4.78 is 0. The van der Waals surface area contributed by atoms with Crippen LogP contribution in [0.3, 0.4) is 0 Å². The molecule has 1 aromatic carbocycles. The van der Waals surface area contributed by atoms with Crippen LogP contribution >= 0.6 is 0 Å². The third kappa shape index (κ3) is 2.15. The number of hydrogen-bond acceptors (Lipinski definition) is 2. The number of hydrogen-bond donors (Lipinski definition) is 2. The summed E-state index contributed by atoms with van der Waals surface area (Å²) in [6.45, 7) is 0.366. The first-order chi connectivity index (χ1) is 10.3. The van der Waals surface area contributed by atoms with E-state index in [1.54, 1.807) is 0 Å². The lowest BCUT2D eigenvalue weighted by Gasteiger charge is -2.09. The number of carbonyl (C=O) groups excluding carboxylic acids is 1. The molecule has 0 heterocycles. The molecule has 1 amide bonds. The summed E-state index contributed by atoms with van der Waals surface area (Å²) >= 11 is 0. The summed E-state index contributed by atoms with van der Waals surface area (Å²) in [6.07, 6.45) is 4.09. The molecule has 3 heteroatoms. The number of nitrogens with one attached hydrogen (secondary N) is 1. The molecular formula is C18H20N2O. The lowest BCUT2D eigenvalue weighted by atomic mass is 10.0. The van der Waals surface area contributed by atoms with Gasteiger partial charge in [-0.1, -0.05) is 11.8 Å². The Hall–Kier alpha value is -1.79. The lowest BCUT2D eigenvalue weighted by Crippen LogP contribution is -2.18. The van der Waals surface area contributed by atoms with Crippen molar-refractivity contribution in [3.05, 3.63) is 29.8 Å². The largest absolute Gasteiger partial charge is 0.326 e. The highest BCUT2D eigenvalue weighted by Crippen LogP contribution is 2.69. The highest BCUT2D eigenvalue weighted by atomic mass is 16.2. The number of carbonyl (C=O) groups is 1. The maximum absolute atomic E-state index is 12.4. The second-order valence-electron chi connectivity index (χ2n) is 6.59. The molecule has 108 valence electrons. The van der Waals surface area contributed by atoms with Crippen molar-refractivity contribution in [3.63, 3.8) is 0 Å². The predicted molar refractivity (Wildman–Crippen MR) is 82.3 cm³/mol. The van der Waals surface area contributed by atoms with Gasteiger partial charge in [0.2, 0.25) is 5.91 Å². The molecule has 3 aliphatic rings. The van der Waals surface area contributed by atoms with E-state index in [0.29, 0.717) is 18.4 Å². The van der Waals surface area contributed by atoms with Crippen LogP contribution in [0.5, 0.6) is 0 Å². The molecule has 0 aromatic heterocycles. The van der Waals surface area contributed by atoms with E-state index in [9.17, 15) is 4.79 Å². The van der Waals surface area contributed by atoms with E-state index in [1.807, 2.05) is 24.3 Å². The van der Waals surface area contributed by atoms with E-state index in [-0.39, 0.29) is 11.8 Å². The normalized spacial score (nSPS) is 34.8. The molecule has 1 aromatic rings. The summed E-state index contributed by atoms with van der Waals surface area (Å²) in [4.78, 5) is 12.4. The molecule has 4 atom stereocenters. The average molecular weight is 280 g/mol. The van der Waals surface area contributed by atoms with Crippen molar-refractivity contribution >= 4 is 11.6 Å². The number of anilines is 1. The summed E-state index contributed by atoms with van der Waals surface area (Å²) in [6, 6.07) is 7.70. The van der Waals surface area contributed by atoms with E-state index < -0.39 is 0 Å². The number of nitrogens with two attached hydrogens (primary N) is 1. The minimum Gasteiger partial charge on any atom is -0.326 e. The highest BCUT2D eigenvalue weighted by Gasteiger charge is 2.67. The molecule has 3 aliphatic carbocycles. The van der Waals surface area contributed by atoms with Crippen LogP contribution in [-0.4, -0.2) is 12.5 Å². The van der Waals surface area contributed by atoms with Gasteiger partial charge in [0.15, 0.2) is 0 Å². The molecule has 3 fully saturated rings. The Kier molecular flexibility index (Phi) is 3.01. The zero-order valence-electron chi connectivity index (χ0n) is 12.0. The second-order valence-corrected chi connectivity index (χ2v) is 6.59. The monoisotopic (exact) mass is 280 g/mol. The van der Waals surface area contributed by atoms with E-state index in [2.05, 4.69) is 17.2 Å². The standard InChI is InChI=1S/C18H20N2O/c19-9-1-2-11-3-7-14(8-4-11)20-18(21)17-15-12-5-6-13(10-12)16(15)17/h3-4,7-8,12-13,15-17H,5-6,9-10,19H2,(H,20,21). The number of rotatable bonds is 2. The van der Waals surface area contributed by atoms with Crippen LogP contribution in [0.4, 0.5) is 5.69 Å². The fourth-order valence-corrected chi connectivity index (χ4v) is 4.69. The smallest absolute Gasteiger partial charge is 0.228 e. The van der Waals surface area contributed by atoms with E-state index in [1.165, 1.54) is 19.3 Å². The molecule has 0 radical (unpaired) electrons. The van der Waals surface area contributed by atoms with Gasteiger partial charge in [0.1, 0.15) is 0 Å². The van der Waals surface area contributed by atoms with Crippen LogP contribution in [0.25, 0.3) is 0 Å². The van der Waals surface area contributed by atoms with Crippen LogP contribution in [0.2, 0.25) is 0 Å². The van der Waals surface area contributed by atoms with Gasteiger partial charge in [-0.3, -0.25) is 4.79 Å². The summed E-state index contributed by atoms with van der Waals surface area (Å²) in [5.74, 6) is 9.38. The molecule has 3 saturated carbocycles. The number of fused-ring (bicyclic) bond motifs is 5. The Balaban J connectivity index is 1.39. The summed E-state index contributed by atoms with van der Waals surface area (Å²) in [7, 11) is 0. The van der Waals surface area contributed by atoms with Gasteiger partial charge in [-0.25, -0.2) is 0 Å². The Labute approximate surface area is 125 Å². The molecule has 4 rings (SSSR count). The molecule has 4 unspecified atom stereocenters. The van der Waals surface area contributed by atoms with E-state index >= 15 is 0 Å². The van der Waals surface area contributed by atoms with Gasteiger partial charge < -0.3 is 11.1 Å². The minimum absolute atomic E-state index is 0.224. The quantitative estimate of drug-likeness (QED) is 0.816. The third-order valence-electron chi connectivity index (χ3n) is 5.53. The van der Waals surface area contributed by atoms with Crippen LogP contribution < -0.4 is 11.1 Å². The first-order valence-corrected chi connectivity index (χ1v) is 7.88. The van der Waals surface area contributed by atoms with Crippen molar-refractivity contribution in [3.8, 4) is 11.8 Å². The van der Waals surface area contributed by atoms with Crippen molar-refractivity contribution in [2.45, 2.75) is 19.3 Å². The zero-order chi connectivity index (χ0) is 14.4. The van der Waals surface area contributed by atoms with Crippen molar-refractivity contribution in [1.29, 1.82) is 0 Å². The number of benzene rings is 1. The molecule has 0 saturated heterocycles. The van der Waals surface area contributed by atoms with Gasteiger partial charge in [-0.15, -0.1) is 0 Å². The SMILES string of the molecule is NCC#Cc1ccc(NC(=O)C2C3C4CCC(C4)C23)cc1. The van der Waals surface area contributed by atoms with E-state index in [0.717, 1.165) is 23.1 Å². The predicted octanol–water partition coefficient (Wildman–Crippen LogP) is 2.23. The Morgan fingerprint density at radius 1 is 1.19 bits per heavy atom. The van der Waals surface area contributed by atoms with Crippen LogP contribution in [-0.2, 0) is 4.79 Å². The molecule has 3 nitrogen and oxygen atoms in total. The minimum atomic E-state index is 0.224. The Morgan fingerprint density at radius 2 is 1.86 bits per heavy atom. The van der Waals surface area contributed by atoms with Crippen molar-refractivity contribution in [1.82, 2.24) is 0 Å². The maximum Gasteiger partial charge on any atom is 0.228 e. The molecule has 2 bridgehead atoms. The van der Waals surface area contributed by atoms with Gasteiger partial charge in [-0.2, -0.15) is 0 Å². The fraction of sp³-hybridized carbons (Fsp3) is 0.500. The van der Waals surface area contributed by atoms with Crippen LogP contribution in [0, 0.1) is 41.4 Å². The van der Waals surface area contributed by atoms with Crippen molar-refractivity contribution in [2.75, 3.05) is 11.9 Å². The van der Waals surface area contributed by atoms with Gasteiger partial charge in [0, 0.05) is 17.2 Å². The Morgan fingerprint density at radius 3 is 2.48 bits per heavy atom. The second kappa shape index (κ2) is 4.89. The Bertz CT molecular complexity index is 609. The average Bonchev–Trinajstić information content (AvgIpc) is 2.95. The summed E-state index contributed by atoms with van der Waals surface area (Å²) in [5, 5.41) is 3.07. The van der Waals surface area contributed by atoms with Gasteiger partial charge in [-0.05, 0) is 67.2 Å². The van der Waals surface area contributed by atoms with E-state index in [4.69, 9.17) is 5.73 Å². The maximum atomic E-state index is 12.4. The molecule has 3 N–H and O–H groups in total. The van der Waals surface area contributed by atoms with Crippen LogP contribution in [0.1, 0.15) is 24.8 Å². The van der Waals surface area contributed by atoms with Gasteiger partial charge >= 0.3 is 0 Å². The molecule has 0 spiro atoms. The summed E-state index contributed by atoms with van der Waals surface area (Å²) in [5.41, 5.74) is 7.16. The molecule has 0 aliphatic heterocycles. The van der Waals surface area contributed by atoms with Gasteiger partial charge in [0.25, 0.3) is 0 Å². The van der Waals surface area contributed by atoms with Crippen molar-refractivity contribution in [2.24, 2.45) is 35.3 Å². The topological polar surface area (TPSA) is 55.1 Å². The fourth-order valence-electron chi connectivity index (χ4n) is 4.69. The zero-order valence-corrected chi connectivity index (χ0v) is 12.0. The van der Waals surface area contributed by atoms with Gasteiger partial charge in [0.05, 0.1) is 6.54 Å².